The third kappa shape index (κ3) is 2.01. The van der Waals surface area contributed by atoms with Crippen molar-refractivity contribution in [3.63, 3.8) is 0 Å². The van der Waals surface area contributed by atoms with Crippen molar-refractivity contribution in [2.75, 3.05) is 0 Å². The largest absolute Gasteiger partial charge is 0.0610 e. The average Bonchev–Trinajstić information content (AvgIpc) is 2.98. The SMILES string of the molecule is Cc1cc2cccc3cc4ccc5c6c(cc1c(c23)c46)c1ccc2cc(C)c3ccc4cccc6c4c3c2c1c65. The van der Waals surface area contributed by atoms with Crippen molar-refractivity contribution in [1.29, 1.82) is 0 Å². The molecule has 0 amide bonds. The fraction of sp³-hybridized carbons (Fsp3) is 0.0500. The van der Waals surface area contributed by atoms with Gasteiger partial charge in [0.2, 0.25) is 0 Å². The van der Waals surface area contributed by atoms with Gasteiger partial charge in [-0.1, -0.05) is 84.9 Å². The lowest BCUT2D eigenvalue weighted by atomic mass is 9.79. The van der Waals surface area contributed by atoms with E-state index in [-0.39, 0.29) is 0 Å². The van der Waals surface area contributed by atoms with Crippen molar-refractivity contribution in [3.8, 4) is 0 Å². The number of hydrogen-bond donors (Lipinski definition) is 0. The molecule has 0 nitrogen and oxygen atoms in total. The number of benzene rings is 11. The molecule has 0 fully saturated rings. The Labute approximate surface area is 229 Å². The fourth-order valence-electron chi connectivity index (χ4n) is 8.69. The lowest BCUT2D eigenvalue weighted by Gasteiger charge is -2.24. The molecular formula is C40H22. The van der Waals surface area contributed by atoms with Crippen LogP contribution in [0.15, 0.2) is 97.1 Å². The molecule has 11 aromatic carbocycles. The average molecular weight is 503 g/mol. The van der Waals surface area contributed by atoms with Crippen LogP contribution in [0.5, 0.6) is 0 Å². The van der Waals surface area contributed by atoms with Crippen molar-refractivity contribution in [1.82, 2.24) is 0 Å². The summed E-state index contributed by atoms with van der Waals surface area (Å²) in [6, 6.07) is 37.6. The minimum Gasteiger partial charge on any atom is -0.0610 e. The molecule has 0 saturated heterocycles. The lowest BCUT2D eigenvalue weighted by molar-refractivity contribution is 1.56. The van der Waals surface area contributed by atoms with Gasteiger partial charge in [0.25, 0.3) is 0 Å². The van der Waals surface area contributed by atoms with Gasteiger partial charge in [0.05, 0.1) is 0 Å². The van der Waals surface area contributed by atoms with Gasteiger partial charge in [0.1, 0.15) is 0 Å². The maximum atomic E-state index is 2.52. The molecule has 11 rings (SSSR count). The molecule has 0 radical (unpaired) electrons. The minimum atomic E-state index is 1.33. The molecule has 0 spiro atoms. The van der Waals surface area contributed by atoms with Crippen molar-refractivity contribution in [3.05, 3.63) is 108 Å². The molecule has 0 aliphatic carbocycles. The van der Waals surface area contributed by atoms with Gasteiger partial charge >= 0.3 is 0 Å². The van der Waals surface area contributed by atoms with E-state index < -0.39 is 0 Å². The second-order valence-corrected chi connectivity index (χ2v) is 12.1. The fourth-order valence-corrected chi connectivity index (χ4v) is 8.69. The van der Waals surface area contributed by atoms with Crippen LogP contribution in [-0.4, -0.2) is 0 Å². The summed E-state index contributed by atoms with van der Waals surface area (Å²) >= 11 is 0. The third-order valence-electron chi connectivity index (χ3n) is 10.2. The Morgan fingerprint density at radius 3 is 1.68 bits per heavy atom. The van der Waals surface area contributed by atoms with Gasteiger partial charge in [-0.3, -0.25) is 0 Å². The molecule has 0 aliphatic heterocycles. The first kappa shape index (κ1) is 20.0. The van der Waals surface area contributed by atoms with Gasteiger partial charge in [0, 0.05) is 0 Å². The highest BCUT2D eigenvalue weighted by Crippen LogP contribution is 2.52. The number of aryl methyl sites for hydroxylation is 2. The molecule has 0 heteroatoms. The van der Waals surface area contributed by atoms with Crippen molar-refractivity contribution in [2.45, 2.75) is 13.8 Å². The Morgan fingerprint density at radius 2 is 0.800 bits per heavy atom. The third-order valence-corrected chi connectivity index (χ3v) is 10.2. The molecule has 0 aliphatic rings. The predicted molar refractivity (Wildman–Crippen MR) is 176 cm³/mol. The van der Waals surface area contributed by atoms with Crippen LogP contribution in [0.3, 0.4) is 0 Å². The molecule has 0 bridgehead atoms. The van der Waals surface area contributed by atoms with Crippen molar-refractivity contribution in [2.24, 2.45) is 0 Å². The van der Waals surface area contributed by atoms with Crippen LogP contribution in [-0.2, 0) is 0 Å². The summed E-state index contributed by atoms with van der Waals surface area (Å²) < 4.78 is 0. The summed E-state index contributed by atoms with van der Waals surface area (Å²) in [5, 5.41) is 27.8. The van der Waals surface area contributed by atoms with Crippen molar-refractivity contribution >= 4 is 108 Å². The standard InChI is InChI=1S/C40H22/c1-19-15-24-10-13-27-31-18-30-20(2)16-22-6-3-7-23-17-25-11-14-29(37(31)34(25)40(30)32(22)23)36-28-8-4-5-21-9-12-26(19)38(33(21)28)35(24)39(27)36/h3-18H,1-2H3. The van der Waals surface area contributed by atoms with E-state index in [9.17, 15) is 0 Å². The molecule has 0 aromatic heterocycles. The van der Waals surface area contributed by atoms with Gasteiger partial charge < -0.3 is 0 Å². The number of rotatable bonds is 0. The molecule has 182 valence electrons. The second-order valence-electron chi connectivity index (χ2n) is 12.1. The summed E-state index contributed by atoms with van der Waals surface area (Å²) in [6.07, 6.45) is 0. The highest BCUT2D eigenvalue weighted by atomic mass is 14.3. The summed E-state index contributed by atoms with van der Waals surface area (Å²) in [5.74, 6) is 0. The molecule has 0 unspecified atom stereocenters. The van der Waals surface area contributed by atoms with Crippen LogP contribution in [0.25, 0.3) is 108 Å². The van der Waals surface area contributed by atoms with Crippen LogP contribution in [0.1, 0.15) is 11.1 Å². The Morgan fingerprint density at radius 1 is 0.275 bits per heavy atom. The Hall–Kier alpha value is -4.94. The maximum absolute atomic E-state index is 2.52. The minimum absolute atomic E-state index is 1.33. The van der Waals surface area contributed by atoms with Crippen LogP contribution in [0.4, 0.5) is 0 Å². The van der Waals surface area contributed by atoms with E-state index in [4.69, 9.17) is 0 Å². The van der Waals surface area contributed by atoms with E-state index in [1.807, 2.05) is 0 Å². The zero-order valence-corrected chi connectivity index (χ0v) is 22.2. The first-order valence-electron chi connectivity index (χ1n) is 14.3. The van der Waals surface area contributed by atoms with E-state index in [0.717, 1.165) is 0 Å². The summed E-state index contributed by atoms with van der Waals surface area (Å²) in [7, 11) is 0. The second kappa shape index (κ2) is 6.27. The maximum Gasteiger partial charge on any atom is -0.000761 e. The Kier molecular flexibility index (Phi) is 3.14. The van der Waals surface area contributed by atoms with Crippen LogP contribution in [0, 0.1) is 13.8 Å². The van der Waals surface area contributed by atoms with Gasteiger partial charge in [-0.25, -0.2) is 0 Å². The highest BCUT2D eigenvalue weighted by Gasteiger charge is 2.24. The molecule has 11 aromatic rings. The summed E-state index contributed by atoms with van der Waals surface area (Å²) in [4.78, 5) is 0. The van der Waals surface area contributed by atoms with Gasteiger partial charge in [-0.15, -0.1) is 0 Å². The van der Waals surface area contributed by atoms with Crippen LogP contribution >= 0.6 is 0 Å². The summed E-state index contributed by atoms with van der Waals surface area (Å²) in [6.45, 7) is 4.55. The Balaban J connectivity index is 1.57. The highest BCUT2D eigenvalue weighted by molar-refractivity contribution is 6.49. The predicted octanol–water partition coefficient (Wildman–Crippen LogP) is 11.6. The lowest BCUT2D eigenvalue weighted by Crippen LogP contribution is -1.96. The van der Waals surface area contributed by atoms with E-state index in [1.165, 1.54) is 119 Å². The van der Waals surface area contributed by atoms with Crippen molar-refractivity contribution < 1.29 is 0 Å². The Bertz CT molecular complexity index is 2870. The molecule has 40 heavy (non-hydrogen) atoms. The molecule has 0 N–H and O–H groups in total. The normalized spacial score (nSPS) is 13.2. The zero-order valence-electron chi connectivity index (χ0n) is 22.2. The van der Waals surface area contributed by atoms with E-state index in [0.29, 0.717) is 0 Å². The molecule has 0 atom stereocenters. The van der Waals surface area contributed by atoms with Crippen LogP contribution in [0.2, 0.25) is 0 Å². The first-order valence-corrected chi connectivity index (χ1v) is 14.3. The number of fused-ring (bicyclic) bond motifs is 3. The van der Waals surface area contributed by atoms with E-state index in [2.05, 4.69) is 111 Å². The number of hydrogen-bond acceptors (Lipinski definition) is 0. The van der Waals surface area contributed by atoms with Crippen LogP contribution < -0.4 is 0 Å². The smallest absolute Gasteiger partial charge is 0.000761 e. The monoisotopic (exact) mass is 502 g/mol. The molecule has 0 saturated carbocycles. The van der Waals surface area contributed by atoms with Gasteiger partial charge in [0.15, 0.2) is 0 Å². The molecule has 0 heterocycles. The zero-order chi connectivity index (χ0) is 26.0. The summed E-state index contributed by atoms with van der Waals surface area (Å²) in [5.41, 5.74) is 2.71. The topological polar surface area (TPSA) is 0 Å². The van der Waals surface area contributed by atoms with Gasteiger partial charge in [-0.2, -0.15) is 0 Å². The first-order chi connectivity index (χ1) is 19.7. The van der Waals surface area contributed by atoms with E-state index >= 15 is 0 Å². The van der Waals surface area contributed by atoms with Gasteiger partial charge in [-0.05, 0) is 145 Å². The van der Waals surface area contributed by atoms with E-state index in [1.54, 1.807) is 0 Å². The molecular weight excluding hydrogens is 480 g/mol. The quantitative estimate of drug-likeness (QED) is 0.143.